The van der Waals surface area contributed by atoms with Crippen LogP contribution in [0.5, 0.6) is 5.75 Å². The van der Waals surface area contributed by atoms with E-state index >= 15 is 0 Å². The van der Waals surface area contributed by atoms with E-state index in [0.29, 0.717) is 5.75 Å². The van der Waals surface area contributed by atoms with Crippen molar-refractivity contribution in [2.24, 2.45) is 5.92 Å². The zero-order valence-electron chi connectivity index (χ0n) is 11.2. The van der Waals surface area contributed by atoms with Crippen LogP contribution in [0.3, 0.4) is 0 Å². The van der Waals surface area contributed by atoms with Crippen molar-refractivity contribution in [3.63, 3.8) is 0 Å². The minimum absolute atomic E-state index is 0.0544. The third kappa shape index (κ3) is 3.49. The minimum Gasteiger partial charge on any atom is -0.497 e. The average molecular weight is 299 g/mol. The maximum Gasteiger partial charge on any atom is 0.318 e. The molecule has 2 rings (SSSR count). The van der Waals surface area contributed by atoms with Crippen LogP contribution in [0.15, 0.2) is 29.2 Å². The Morgan fingerprint density at radius 3 is 2.70 bits per heavy atom. The summed E-state index contributed by atoms with van der Waals surface area (Å²) in [6.07, 6.45) is 1.90. The van der Waals surface area contributed by atoms with Crippen molar-refractivity contribution < 1.29 is 23.1 Å². The SMILES string of the molecule is COc1cccc(S(=O)(=O)N(CC(=O)O)CC2CC2)c1. The summed E-state index contributed by atoms with van der Waals surface area (Å²) in [5.74, 6) is -0.459. The Balaban J connectivity index is 2.29. The molecule has 1 N–H and O–H groups in total. The van der Waals surface area contributed by atoms with Crippen molar-refractivity contribution in [1.29, 1.82) is 0 Å². The quantitative estimate of drug-likeness (QED) is 0.817. The normalized spacial score (nSPS) is 15.3. The van der Waals surface area contributed by atoms with Gasteiger partial charge < -0.3 is 9.84 Å². The van der Waals surface area contributed by atoms with Crippen LogP contribution in [0, 0.1) is 5.92 Å². The fourth-order valence-corrected chi connectivity index (χ4v) is 3.40. The van der Waals surface area contributed by atoms with E-state index < -0.39 is 22.5 Å². The molecular weight excluding hydrogens is 282 g/mol. The maximum absolute atomic E-state index is 12.5. The Kier molecular flexibility index (Phi) is 4.29. The second-order valence-corrected chi connectivity index (χ2v) is 6.75. The molecule has 1 saturated carbocycles. The van der Waals surface area contributed by atoms with Gasteiger partial charge >= 0.3 is 5.97 Å². The monoisotopic (exact) mass is 299 g/mol. The number of carbonyl (C=O) groups is 1. The molecule has 1 aromatic rings. The highest BCUT2D eigenvalue weighted by atomic mass is 32.2. The molecule has 1 fully saturated rings. The second-order valence-electron chi connectivity index (χ2n) is 4.81. The molecule has 20 heavy (non-hydrogen) atoms. The Hall–Kier alpha value is -1.60. The molecule has 7 heteroatoms. The summed E-state index contributed by atoms with van der Waals surface area (Å²) in [7, 11) is -2.36. The highest BCUT2D eigenvalue weighted by Crippen LogP contribution is 2.32. The molecule has 1 aromatic carbocycles. The standard InChI is InChI=1S/C13H17NO5S/c1-19-11-3-2-4-12(7-11)20(17,18)14(9-13(15)16)8-10-5-6-10/h2-4,7,10H,5-6,8-9H2,1H3,(H,15,16). The number of hydrogen-bond acceptors (Lipinski definition) is 4. The molecule has 0 bridgehead atoms. The van der Waals surface area contributed by atoms with Gasteiger partial charge in [-0.2, -0.15) is 4.31 Å². The molecule has 110 valence electrons. The molecule has 0 aliphatic heterocycles. The van der Waals surface area contributed by atoms with Crippen LogP contribution in [0.25, 0.3) is 0 Å². The van der Waals surface area contributed by atoms with E-state index in [1.54, 1.807) is 12.1 Å². The van der Waals surface area contributed by atoms with Crippen LogP contribution >= 0.6 is 0 Å². The minimum atomic E-state index is -3.81. The fourth-order valence-electron chi connectivity index (χ4n) is 1.90. The summed E-state index contributed by atoms with van der Waals surface area (Å²) in [6, 6.07) is 6.06. The maximum atomic E-state index is 12.5. The predicted molar refractivity (Wildman–Crippen MR) is 72.1 cm³/mol. The molecule has 1 aliphatic rings. The Morgan fingerprint density at radius 2 is 2.15 bits per heavy atom. The first-order valence-corrected chi connectivity index (χ1v) is 7.73. The molecule has 0 saturated heterocycles. The Bertz CT molecular complexity index is 595. The molecule has 6 nitrogen and oxygen atoms in total. The summed E-state index contributed by atoms with van der Waals surface area (Å²) in [4.78, 5) is 10.9. The van der Waals surface area contributed by atoms with Gasteiger partial charge in [0.25, 0.3) is 0 Å². The number of methoxy groups -OCH3 is 1. The van der Waals surface area contributed by atoms with E-state index in [4.69, 9.17) is 9.84 Å². The van der Waals surface area contributed by atoms with E-state index in [-0.39, 0.29) is 17.4 Å². The van der Waals surface area contributed by atoms with Crippen molar-refractivity contribution in [2.45, 2.75) is 17.7 Å². The van der Waals surface area contributed by atoms with E-state index in [0.717, 1.165) is 17.1 Å². The van der Waals surface area contributed by atoms with Gasteiger partial charge in [0.15, 0.2) is 0 Å². The molecule has 0 spiro atoms. The van der Waals surface area contributed by atoms with E-state index in [2.05, 4.69) is 0 Å². The molecule has 1 aliphatic carbocycles. The molecule has 0 atom stereocenters. The van der Waals surface area contributed by atoms with Gasteiger partial charge in [-0.25, -0.2) is 8.42 Å². The van der Waals surface area contributed by atoms with Crippen LogP contribution in [0.2, 0.25) is 0 Å². The van der Waals surface area contributed by atoms with E-state index in [1.807, 2.05) is 0 Å². The topological polar surface area (TPSA) is 83.9 Å². The molecule has 0 unspecified atom stereocenters. The van der Waals surface area contributed by atoms with E-state index in [1.165, 1.54) is 19.2 Å². The highest BCUT2D eigenvalue weighted by Gasteiger charge is 2.33. The lowest BCUT2D eigenvalue weighted by Crippen LogP contribution is -2.37. The number of rotatable bonds is 7. The van der Waals surface area contributed by atoms with Crippen molar-refractivity contribution >= 4 is 16.0 Å². The molecule has 0 aromatic heterocycles. The molecule has 0 amide bonds. The summed E-state index contributed by atoms with van der Waals surface area (Å²) < 4.78 is 31.0. The summed E-state index contributed by atoms with van der Waals surface area (Å²) in [6.45, 7) is -0.262. The number of aliphatic carboxylic acids is 1. The zero-order chi connectivity index (χ0) is 14.8. The highest BCUT2D eigenvalue weighted by molar-refractivity contribution is 7.89. The number of benzene rings is 1. The van der Waals surface area contributed by atoms with E-state index in [9.17, 15) is 13.2 Å². The van der Waals surface area contributed by atoms with Crippen molar-refractivity contribution in [1.82, 2.24) is 4.31 Å². The molecular formula is C13H17NO5S. The number of nitrogens with zero attached hydrogens (tertiary/aromatic N) is 1. The largest absolute Gasteiger partial charge is 0.497 e. The number of sulfonamides is 1. The van der Waals surface area contributed by atoms with Crippen LogP contribution in [0.1, 0.15) is 12.8 Å². The first kappa shape index (κ1) is 14.8. The van der Waals surface area contributed by atoms with Crippen LogP contribution < -0.4 is 4.74 Å². The van der Waals surface area contributed by atoms with Crippen LogP contribution in [-0.2, 0) is 14.8 Å². The number of hydrogen-bond donors (Lipinski definition) is 1. The molecule has 0 heterocycles. The molecule has 0 radical (unpaired) electrons. The predicted octanol–water partition coefficient (Wildman–Crippen LogP) is 1.18. The third-order valence-electron chi connectivity index (χ3n) is 3.15. The lowest BCUT2D eigenvalue weighted by Gasteiger charge is -2.20. The fraction of sp³-hybridized carbons (Fsp3) is 0.462. The zero-order valence-corrected chi connectivity index (χ0v) is 12.0. The second kappa shape index (κ2) is 5.80. The lowest BCUT2D eigenvalue weighted by atomic mass is 10.3. The van der Waals surface area contributed by atoms with Gasteiger partial charge in [-0.05, 0) is 30.9 Å². The number of carboxylic acid groups (broad SMARTS) is 1. The van der Waals surface area contributed by atoms with Crippen LogP contribution in [-0.4, -0.2) is 44.0 Å². The van der Waals surface area contributed by atoms with Crippen molar-refractivity contribution in [3.8, 4) is 5.75 Å². The van der Waals surface area contributed by atoms with Gasteiger partial charge in [0, 0.05) is 12.6 Å². The third-order valence-corrected chi connectivity index (χ3v) is 4.96. The first-order chi connectivity index (χ1) is 9.43. The first-order valence-electron chi connectivity index (χ1n) is 6.29. The van der Waals surface area contributed by atoms with Crippen LogP contribution in [0.4, 0.5) is 0 Å². The number of carboxylic acids is 1. The average Bonchev–Trinajstić information content (AvgIpc) is 3.21. The van der Waals surface area contributed by atoms with Gasteiger partial charge in [-0.3, -0.25) is 4.79 Å². The Labute approximate surface area is 118 Å². The summed E-state index contributed by atoms with van der Waals surface area (Å²) in [5, 5.41) is 8.90. The smallest absolute Gasteiger partial charge is 0.318 e. The number of ether oxygens (including phenoxy) is 1. The van der Waals surface area contributed by atoms with Crippen molar-refractivity contribution in [2.75, 3.05) is 20.2 Å². The Morgan fingerprint density at radius 1 is 1.45 bits per heavy atom. The van der Waals surface area contributed by atoms with Gasteiger partial charge in [0.1, 0.15) is 12.3 Å². The van der Waals surface area contributed by atoms with Crippen molar-refractivity contribution in [3.05, 3.63) is 24.3 Å². The van der Waals surface area contributed by atoms with Gasteiger partial charge in [0.2, 0.25) is 10.0 Å². The van der Waals surface area contributed by atoms with Gasteiger partial charge in [0.05, 0.1) is 12.0 Å². The summed E-state index contributed by atoms with van der Waals surface area (Å²) >= 11 is 0. The van der Waals surface area contributed by atoms with Gasteiger partial charge in [-0.15, -0.1) is 0 Å². The van der Waals surface area contributed by atoms with Gasteiger partial charge in [-0.1, -0.05) is 6.07 Å². The lowest BCUT2D eigenvalue weighted by molar-refractivity contribution is -0.137. The summed E-state index contributed by atoms with van der Waals surface area (Å²) in [5.41, 5.74) is 0.